The Kier molecular flexibility index (Phi) is 3.69. The average molecular weight is 400 g/mol. The third-order valence-electron chi connectivity index (χ3n) is 6.38. The molecule has 152 valence electrons. The lowest BCUT2D eigenvalue weighted by atomic mass is 9.74. The number of H-pyrrole nitrogens is 1. The summed E-state index contributed by atoms with van der Waals surface area (Å²) < 4.78 is 11.0. The van der Waals surface area contributed by atoms with E-state index in [2.05, 4.69) is 43.1 Å². The molecule has 0 amide bonds. The minimum atomic E-state index is -0.502. The van der Waals surface area contributed by atoms with Crippen LogP contribution in [0.25, 0.3) is 21.8 Å². The summed E-state index contributed by atoms with van der Waals surface area (Å²) in [5, 5.41) is 13.3. The van der Waals surface area contributed by atoms with Crippen LogP contribution in [0.1, 0.15) is 48.9 Å². The highest BCUT2D eigenvalue weighted by molar-refractivity contribution is 6.10. The summed E-state index contributed by atoms with van der Waals surface area (Å²) in [6.07, 6.45) is 1.79. The van der Waals surface area contributed by atoms with E-state index in [4.69, 9.17) is 14.5 Å². The number of rotatable bonds is 2. The lowest BCUT2D eigenvalue weighted by Crippen LogP contribution is -2.27. The molecule has 2 aromatic carbocycles. The zero-order valence-corrected chi connectivity index (χ0v) is 17.2. The van der Waals surface area contributed by atoms with E-state index >= 15 is 0 Å². The molecule has 3 heterocycles. The molecule has 1 unspecified atom stereocenters. The molecular weight excluding hydrogens is 376 g/mol. The van der Waals surface area contributed by atoms with Crippen LogP contribution in [0, 0.1) is 5.41 Å². The van der Waals surface area contributed by atoms with Crippen LogP contribution in [0.5, 0.6) is 11.5 Å². The number of aliphatic hydroxyl groups excluding tert-OH is 1. The van der Waals surface area contributed by atoms with Gasteiger partial charge in [-0.2, -0.15) is 0 Å². The van der Waals surface area contributed by atoms with Crippen LogP contribution in [-0.2, 0) is 12.8 Å². The van der Waals surface area contributed by atoms with Crippen molar-refractivity contribution >= 4 is 21.8 Å². The molecule has 2 aliphatic rings. The normalized spacial score (nSPS) is 19.4. The van der Waals surface area contributed by atoms with Crippen LogP contribution < -0.4 is 9.47 Å². The number of aliphatic hydroxyl groups is 1. The zero-order chi connectivity index (χ0) is 20.5. The molecule has 2 aromatic heterocycles. The molecule has 0 spiro atoms. The molecule has 4 aromatic rings. The number of aromatic amines is 1. The second kappa shape index (κ2) is 6.22. The number of fused-ring (bicyclic) bond motifs is 6. The number of hydrogen-bond acceptors (Lipinski definition) is 4. The van der Waals surface area contributed by atoms with E-state index < -0.39 is 6.10 Å². The minimum absolute atomic E-state index is 0.0230. The smallest absolute Gasteiger partial charge is 0.231 e. The molecule has 1 aliphatic heterocycles. The van der Waals surface area contributed by atoms with E-state index in [1.165, 1.54) is 0 Å². The van der Waals surface area contributed by atoms with Crippen molar-refractivity contribution in [1.82, 2.24) is 9.97 Å². The van der Waals surface area contributed by atoms with Gasteiger partial charge < -0.3 is 19.6 Å². The van der Waals surface area contributed by atoms with Crippen LogP contribution in [-0.4, -0.2) is 21.9 Å². The van der Waals surface area contributed by atoms with Gasteiger partial charge in [-0.15, -0.1) is 0 Å². The van der Waals surface area contributed by atoms with E-state index in [0.717, 1.165) is 68.7 Å². The molecule has 6 rings (SSSR count). The van der Waals surface area contributed by atoms with Crippen molar-refractivity contribution in [1.29, 1.82) is 0 Å². The Morgan fingerprint density at radius 1 is 1.13 bits per heavy atom. The maximum atomic E-state index is 11.1. The molecule has 5 heteroatoms. The highest BCUT2D eigenvalue weighted by Crippen LogP contribution is 2.45. The molecule has 0 saturated carbocycles. The fraction of sp³-hybridized carbons (Fsp3) is 0.320. The molecule has 0 bridgehead atoms. The topological polar surface area (TPSA) is 67.4 Å². The number of nitrogens with one attached hydrogen (secondary N) is 1. The predicted molar refractivity (Wildman–Crippen MR) is 116 cm³/mol. The molecule has 1 atom stereocenters. The third kappa shape index (κ3) is 2.69. The number of ether oxygens (including phenoxy) is 2. The molecule has 0 radical (unpaired) electrons. The van der Waals surface area contributed by atoms with Gasteiger partial charge >= 0.3 is 0 Å². The van der Waals surface area contributed by atoms with Crippen LogP contribution >= 0.6 is 0 Å². The summed E-state index contributed by atoms with van der Waals surface area (Å²) in [4.78, 5) is 8.69. The van der Waals surface area contributed by atoms with Gasteiger partial charge in [0, 0.05) is 34.0 Å². The second-order valence-corrected chi connectivity index (χ2v) is 9.26. The Labute approximate surface area is 174 Å². The van der Waals surface area contributed by atoms with E-state index in [1.807, 2.05) is 18.2 Å². The van der Waals surface area contributed by atoms with Gasteiger partial charge in [-0.1, -0.05) is 38.1 Å². The molecular formula is C25H24N2O3. The van der Waals surface area contributed by atoms with Crippen molar-refractivity contribution in [2.24, 2.45) is 5.41 Å². The van der Waals surface area contributed by atoms with Crippen molar-refractivity contribution in [2.45, 2.75) is 39.2 Å². The van der Waals surface area contributed by atoms with Crippen LogP contribution in [0.4, 0.5) is 0 Å². The number of pyridine rings is 1. The second-order valence-electron chi connectivity index (χ2n) is 9.26. The number of nitrogens with zero attached hydrogens (tertiary/aromatic N) is 1. The maximum Gasteiger partial charge on any atom is 0.231 e. The first-order valence-electron chi connectivity index (χ1n) is 10.5. The van der Waals surface area contributed by atoms with Crippen LogP contribution in [0.15, 0.2) is 42.5 Å². The summed E-state index contributed by atoms with van der Waals surface area (Å²) >= 11 is 0. The van der Waals surface area contributed by atoms with Gasteiger partial charge in [-0.3, -0.25) is 4.98 Å². The van der Waals surface area contributed by atoms with Gasteiger partial charge in [-0.25, -0.2) is 0 Å². The quantitative estimate of drug-likeness (QED) is 0.495. The van der Waals surface area contributed by atoms with Gasteiger partial charge in [0.25, 0.3) is 0 Å². The standard InChI is InChI=1S/C25H24N2O3/c1-25(2)11-18-23(19(28)12-25)22-15-5-3-4-6-16(15)27-24(22)17(26-18)9-14-7-8-20-21(10-14)30-13-29-20/h3-8,10,19,27-28H,9,11-13H2,1-2H3. The molecule has 0 saturated heterocycles. The average Bonchev–Trinajstić information content (AvgIpc) is 3.31. The molecule has 1 aliphatic carbocycles. The molecule has 0 fully saturated rings. The fourth-order valence-corrected chi connectivity index (χ4v) is 5.08. The number of hydrogen-bond donors (Lipinski definition) is 2. The molecule has 5 nitrogen and oxygen atoms in total. The first-order chi connectivity index (χ1) is 14.5. The van der Waals surface area contributed by atoms with Gasteiger partial charge in [0.2, 0.25) is 6.79 Å². The summed E-state index contributed by atoms with van der Waals surface area (Å²) in [6, 6.07) is 14.4. The predicted octanol–water partition coefficient (Wildman–Crippen LogP) is 5.04. The van der Waals surface area contributed by atoms with Gasteiger partial charge in [-0.05, 0) is 42.0 Å². The van der Waals surface area contributed by atoms with E-state index in [1.54, 1.807) is 0 Å². The third-order valence-corrected chi connectivity index (χ3v) is 6.38. The fourth-order valence-electron chi connectivity index (χ4n) is 5.08. The van der Waals surface area contributed by atoms with E-state index in [9.17, 15) is 5.11 Å². The van der Waals surface area contributed by atoms with Crippen molar-refractivity contribution in [3.63, 3.8) is 0 Å². The lowest BCUT2D eigenvalue weighted by molar-refractivity contribution is 0.0997. The van der Waals surface area contributed by atoms with Crippen LogP contribution in [0.2, 0.25) is 0 Å². The van der Waals surface area contributed by atoms with Crippen LogP contribution in [0.3, 0.4) is 0 Å². The highest BCUT2D eigenvalue weighted by Gasteiger charge is 2.35. The summed E-state index contributed by atoms with van der Waals surface area (Å²) in [5.74, 6) is 1.58. The summed E-state index contributed by atoms with van der Waals surface area (Å²) in [7, 11) is 0. The Morgan fingerprint density at radius 3 is 2.87 bits per heavy atom. The first kappa shape index (κ1) is 17.8. The number of benzene rings is 2. The SMILES string of the molecule is CC1(C)Cc2nc(Cc3ccc4c(c3)OCO4)c3[nH]c4ccccc4c3c2C(O)C1. The Balaban J connectivity index is 1.58. The summed E-state index contributed by atoms with van der Waals surface area (Å²) in [5.41, 5.74) is 6.27. The molecule has 30 heavy (non-hydrogen) atoms. The van der Waals surface area contributed by atoms with Crippen molar-refractivity contribution in [2.75, 3.05) is 6.79 Å². The summed E-state index contributed by atoms with van der Waals surface area (Å²) in [6.45, 7) is 4.69. The van der Waals surface area contributed by atoms with Crippen molar-refractivity contribution in [3.8, 4) is 11.5 Å². The minimum Gasteiger partial charge on any atom is -0.454 e. The monoisotopic (exact) mass is 400 g/mol. The number of para-hydroxylation sites is 1. The highest BCUT2D eigenvalue weighted by atomic mass is 16.7. The first-order valence-corrected chi connectivity index (χ1v) is 10.5. The maximum absolute atomic E-state index is 11.1. The van der Waals surface area contributed by atoms with Crippen molar-refractivity contribution in [3.05, 3.63) is 65.0 Å². The van der Waals surface area contributed by atoms with Gasteiger partial charge in [0.1, 0.15) is 0 Å². The zero-order valence-electron chi connectivity index (χ0n) is 17.2. The van der Waals surface area contributed by atoms with Gasteiger partial charge in [0.05, 0.1) is 17.3 Å². The lowest BCUT2D eigenvalue weighted by Gasteiger charge is -2.34. The Morgan fingerprint density at radius 2 is 1.97 bits per heavy atom. The van der Waals surface area contributed by atoms with E-state index in [0.29, 0.717) is 6.42 Å². The van der Waals surface area contributed by atoms with Crippen molar-refractivity contribution < 1.29 is 14.6 Å². The van der Waals surface area contributed by atoms with E-state index in [-0.39, 0.29) is 12.2 Å². The Bertz CT molecular complexity index is 1300. The number of aromatic nitrogens is 2. The largest absolute Gasteiger partial charge is 0.454 e. The molecule has 2 N–H and O–H groups in total. The Hall–Kier alpha value is -3.05. The van der Waals surface area contributed by atoms with Gasteiger partial charge in [0.15, 0.2) is 11.5 Å².